The SMILES string of the molecule is COC(CN)CC(=O)N1CCN(c2nc(C)cs2)CC1.Cl.Cl. The third-order valence-electron chi connectivity index (χ3n) is 3.51. The van der Waals surface area contributed by atoms with E-state index in [4.69, 9.17) is 10.5 Å². The van der Waals surface area contributed by atoms with Gasteiger partial charge in [-0.15, -0.1) is 36.2 Å². The number of anilines is 1. The summed E-state index contributed by atoms with van der Waals surface area (Å²) < 4.78 is 5.16. The van der Waals surface area contributed by atoms with Gasteiger partial charge in [-0.2, -0.15) is 0 Å². The minimum absolute atomic E-state index is 0. The molecule has 1 aliphatic heterocycles. The van der Waals surface area contributed by atoms with E-state index in [0.29, 0.717) is 13.0 Å². The quantitative estimate of drug-likeness (QED) is 0.845. The molecule has 2 heterocycles. The molecule has 128 valence electrons. The Labute approximate surface area is 147 Å². The van der Waals surface area contributed by atoms with Crippen molar-refractivity contribution in [3.63, 3.8) is 0 Å². The molecule has 1 atom stereocenters. The molecule has 22 heavy (non-hydrogen) atoms. The molecule has 1 aromatic rings. The molecule has 0 aromatic carbocycles. The number of aryl methyl sites for hydroxylation is 1. The van der Waals surface area contributed by atoms with Gasteiger partial charge in [-0.25, -0.2) is 4.98 Å². The second kappa shape index (κ2) is 10.2. The van der Waals surface area contributed by atoms with Crippen molar-refractivity contribution in [1.82, 2.24) is 9.88 Å². The minimum Gasteiger partial charge on any atom is -0.380 e. The van der Waals surface area contributed by atoms with Gasteiger partial charge < -0.3 is 20.3 Å². The van der Waals surface area contributed by atoms with Gasteiger partial charge in [-0.1, -0.05) is 0 Å². The van der Waals surface area contributed by atoms with Crippen molar-refractivity contribution in [3.05, 3.63) is 11.1 Å². The van der Waals surface area contributed by atoms with Gasteiger partial charge in [0.05, 0.1) is 18.2 Å². The first-order chi connectivity index (χ1) is 9.63. The van der Waals surface area contributed by atoms with Crippen LogP contribution in [-0.4, -0.2) is 61.7 Å². The van der Waals surface area contributed by atoms with Gasteiger partial charge in [0.1, 0.15) is 0 Å². The van der Waals surface area contributed by atoms with Gasteiger partial charge in [0.2, 0.25) is 5.91 Å². The summed E-state index contributed by atoms with van der Waals surface area (Å²) in [6.07, 6.45) is 0.186. The molecule has 1 amide bonds. The molecule has 1 aromatic heterocycles. The molecule has 2 rings (SSSR count). The van der Waals surface area contributed by atoms with Gasteiger partial charge in [-0.3, -0.25) is 4.79 Å². The molecule has 0 aliphatic carbocycles. The lowest BCUT2D eigenvalue weighted by Gasteiger charge is -2.35. The number of nitrogens with zero attached hydrogens (tertiary/aromatic N) is 3. The third kappa shape index (κ3) is 5.55. The summed E-state index contributed by atoms with van der Waals surface area (Å²) in [5.41, 5.74) is 6.60. The number of rotatable bonds is 5. The second-order valence-corrected chi connectivity index (χ2v) is 5.77. The highest BCUT2D eigenvalue weighted by Gasteiger charge is 2.24. The highest BCUT2D eigenvalue weighted by molar-refractivity contribution is 7.13. The molecule has 1 unspecified atom stereocenters. The van der Waals surface area contributed by atoms with Gasteiger partial charge >= 0.3 is 0 Å². The lowest BCUT2D eigenvalue weighted by Crippen LogP contribution is -2.49. The van der Waals surface area contributed by atoms with Gasteiger partial charge in [0.15, 0.2) is 5.13 Å². The van der Waals surface area contributed by atoms with Gasteiger partial charge in [0, 0.05) is 45.2 Å². The average molecular weight is 371 g/mol. The summed E-state index contributed by atoms with van der Waals surface area (Å²) >= 11 is 1.66. The van der Waals surface area contributed by atoms with Crippen LogP contribution in [-0.2, 0) is 9.53 Å². The van der Waals surface area contributed by atoms with Crippen LogP contribution in [0, 0.1) is 6.92 Å². The zero-order valence-electron chi connectivity index (χ0n) is 12.9. The smallest absolute Gasteiger partial charge is 0.225 e. The lowest BCUT2D eigenvalue weighted by atomic mass is 10.2. The highest BCUT2D eigenvalue weighted by Crippen LogP contribution is 2.21. The average Bonchev–Trinajstić information content (AvgIpc) is 2.91. The number of hydrogen-bond acceptors (Lipinski definition) is 6. The second-order valence-electron chi connectivity index (χ2n) is 4.94. The number of piperazine rings is 1. The van der Waals surface area contributed by atoms with Crippen molar-refractivity contribution in [2.24, 2.45) is 5.73 Å². The van der Waals surface area contributed by atoms with E-state index in [2.05, 4.69) is 15.3 Å². The lowest BCUT2D eigenvalue weighted by molar-refractivity contribution is -0.133. The van der Waals surface area contributed by atoms with Crippen LogP contribution in [0.5, 0.6) is 0 Å². The fourth-order valence-corrected chi connectivity index (χ4v) is 3.08. The van der Waals surface area contributed by atoms with Crippen LogP contribution >= 0.6 is 36.2 Å². The fraction of sp³-hybridized carbons (Fsp3) is 0.692. The molecule has 9 heteroatoms. The van der Waals surface area contributed by atoms with E-state index in [1.807, 2.05) is 11.8 Å². The van der Waals surface area contributed by atoms with E-state index in [0.717, 1.165) is 37.0 Å². The van der Waals surface area contributed by atoms with Crippen LogP contribution in [0.4, 0.5) is 5.13 Å². The van der Waals surface area contributed by atoms with Crippen LogP contribution in [0.15, 0.2) is 5.38 Å². The monoisotopic (exact) mass is 370 g/mol. The first kappa shape index (κ1) is 21.4. The molecule has 1 fully saturated rings. The predicted octanol–water partition coefficient (Wildman–Crippen LogP) is 1.31. The van der Waals surface area contributed by atoms with Crippen molar-refractivity contribution in [1.29, 1.82) is 0 Å². The number of nitrogens with two attached hydrogens (primary N) is 1. The third-order valence-corrected chi connectivity index (χ3v) is 4.53. The van der Waals surface area contributed by atoms with Crippen LogP contribution < -0.4 is 10.6 Å². The Balaban J connectivity index is 0.00000220. The summed E-state index contributed by atoms with van der Waals surface area (Å²) in [6.45, 7) is 5.51. The Bertz CT molecular complexity index is 449. The number of ether oxygens (including phenoxy) is 1. The Morgan fingerprint density at radius 2 is 2.05 bits per heavy atom. The minimum atomic E-state index is -0.179. The summed E-state index contributed by atoms with van der Waals surface area (Å²) in [4.78, 5) is 20.7. The van der Waals surface area contributed by atoms with Crippen LogP contribution in [0.25, 0.3) is 0 Å². The highest BCUT2D eigenvalue weighted by atomic mass is 35.5. The molecule has 6 nitrogen and oxygen atoms in total. The first-order valence-electron chi connectivity index (χ1n) is 6.81. The number of carbonyl (C=O) groups is 1. The van der Waals surface area contributed by atoms with Crippen LogP contribution in [0.1, 0.15) is 12.1 Å². The normalized spacial score (nSPS) is 15.8. The van der Waals surface area contributed by atoms with E-state index in [1.165, 1.54) is 0 Å². The van der Waals surface area contributed by atoms with E-state index in [-0.39, 0.29) is 36.8 Å². The van der Waals surface area contributed by atoms with Gasteiger partial charge in [-0.05, 0) is 6.92 Å². The Morgan fingerprint density at radius 3 is 2.50 bits per heavy atom. The van der Waals surface area contributed by atoms with E-state index in [1.54, 1.807) is 18.4 Å². The van der Waals surface area contributed by atoms with Crippen LogP contribution in [0.3, 0.4) is 0 Å². The first-order valence-corrected chi connectivity index (χ1v) is 7.69. The van der Waals surface area contributed by atoms with Crippen molar-refractivity contribution < 1.29 is 9.53 Å². The summed E-state index contributed by atoms with van der Waals surface area (Å²) in [7, 11) is 1.59. The number of methoxy groups -OCH3 is 1. The predicted molar refractivity (Wildman–Crippen MR) is 94.6 cm³/mol. The fourth-order valence-electron chi connectivity index (χ4n) is 2.22. The maximum Gasteiger partial charge on any atom is 0.225 e. The number of thiazole rings is 1. The number of hydrogen-bond donors (Lipinski definition) is 1. The maximum atomic E-state index is 12.1. The van der Waals surface area contributed by atoms with E-state index in [9.17, 15) is 4.79 Å². The van der Waals surface area contributed by atoms with E-state index < -0.39 is 0 Å². The Morgan fingerprint density at radius 1 is 1.41 bits per heavy atom. The molecule has 0 bridgehead atoms. The van der Waals surface area contributed by atoms with Crippen molar-refractivity contribution in [3.8, 4) is 0 Å². The van der Waals surface area contributed by atoms with Crippen LogP contribution in [0.2, 0.25) is 0 Å². The molecular weight excluding hydrogens is 347 g/mol. The molecule has 0 spiro atoms. The molecule has 0 radical (unpaired) electrons. The number of carbonyl (C=O) groups excluding carboxylic acids is 1. The van der Waals surface area contributed by atoms with E-state index >= 15 is 0 Å². The Hall–Kier alpha value is -0.600. The van der Waals surface area contributed by atoms with Crippen molar-refractivity contribution in [2.45, 2.75) is 19.4 Å². The molecule has 2 N–H and O–H groups in total. The summed E-state index contributed by atoms with van der Waals surface area (Å²) in [5, 5.41) is 3.10. The summed E-state index contributed by atoms with van der Waals surface area (Å²) in [6, 6.07) is 0. The maximum absolute atomic E-state index is 12.1. The molecule has 1 aliphatic rings. The number of amides is 1. The van der Waals surface area contributed by atoms with Crippen molar-refractivity contribution >= 4 is 47.2 Å². The standard InChI is InChI=1S/C13H22N4O2S.2ClH/c1-10-9-20-13(15-10)17-5-3-16(4-6-17)12(18)7-11(8-14)19-2;;/h9,11H,3-8,14H2,1-2H3;2*1H. The van der Waals surface area contributed by atoms with Gasteiger partial charge in [0.25, 0.3) is 0 Å². The topological polar surface area (TPSA) is 71.7 Å². The Kier molecular flexibility index (Phi) is 9.95. The summed E-state index contributed by atoms with van der Waals surface area (Å²) in [5.74, 6) is 0.122. The number of halogens is 2. The molecule has 1 saturated heterocycles. The number of aromatic nitrogens is 1. The largest absolute Gasteiger partial charge is 0.380 e. The zero-order chi connectivity index (χ0) is 14.5. The zero-order valence-corrected chi connectivity index (χ0v) is 15.3. The van der Waals surface area contributed by atoms with Crippen molar-refractivity contribution in [2.75, 3.05) is 44.7 Å². The molecular formula is C13H24Cl2N4O2S. The molecule has 0 saturated carbocycles.